The first-order valence-electron chi connectivity index (χ1n) is 6.43. The Bertz CT molecular complexity index is 398. The molecule has 1 aliphatic heterocycles. The third kappa shape index (κ3) is 3.11. The molecule has 0 aliphatic carbocycles. The van der Waals surface area contributed by atoms with Gasteiger partial charge in [-0.3, -0.25) is 0 Å². The lowest BCUT2D eigenvalue weighted by molar-refractivity contribution is -0.287. The normalized spacial score (nSPS) is 33.9. The molecule has 1 fully saturated rings. The van der Waals surface area contributed by atoms with Gasteiger partial charge in [0, 0.05) is 14.2 Å². The highest BCUT2D eigenvalue weighted by Gasteiger charge is 2.46. The summed E-state index contributed by atoms with van der Waals surface area (Å²) in [6, 6.07) is 9.09. The van der Waals surface area contributed by atoms with E-state index in [1.165, 1.54) is 14.2 Å². The molecule has 6 nitrogen and oxygen atoms in total. The quantitative estimate of drug-likeness (QED) is 0.803. The molecule has 2 rings (SSSR count). The van der Waals surface area contributed by atoms with Crippen LogP contribution >= 0.6 is 0 Å². The molecule has 1 heterocycles. The molecule has 20 heavy (non-hydrogen) atoms. The Kier molecular flexibility index (Phi) is 5.33. The number of rotatable bonds is 5. The van der Waals surface area contributed by atoms with Crippen LogP contribution < -0.4 is 4.74 Å². The highest BCUT2D eigenvalue weighted by atomic mass is 16.7. The van der Waals surface area contributed by atoms with E-state index in [0.717, 1.165) is 0 Å². The lowest BCUT2D eigenvalue weighted by atomic mass is 9.99. The van der Waals surface area contributed by atoms with Crippen LogP contribution in [-0.2, 0) is 14.2 Å². The first-order valence-corrected chi connectivity index (χ1v) is 6.43. The minimum atomic E-state index is -0.954. The summed E-state index contributed by atoms with van der Waals surface area (Å²) < 4.78 is 21.7. The third-order valence-corrected chi connectivity index (χ3v) is 3.34. The fourth-order valence-corrected chi connectivity index (χ4v) is 2.31. The molecule has 0 bridgehead atoms. The van der Waals surface area contributed by atoms with Crippen molar-refractivity contribution in [1.29, 1.82) is 0 Å². The van der Waals surface area contributed by atoms with Crippen LogP contribution in [0.3, 0.4) is 0 Å². The first kappa shape index (κ1) is 15.2. The molecule has 1 aromatic carbocycles. The standard InChI is InChI=1S/C14H20O6/c1-17-12-10(8-15)20-14(13(18-2)11(12)16)19-9-6-4-3-5-7-9/h3-7,10-16H,8H2,1-2H3/t10-,11+,12-,13-,14-/m1/s1. The predicted octanol–water partition coefficient (Wildman–Crippen LogP) is 0.173. The average Bonchev–Trinajstić information content (AvgIpc) is 2.48. The number of aliphatic hydroxyl groups is 2. The van der Waals surface area contributed by atoms with Gasteiger partial charge in [-0.05, 0) is 12.1 Å². The van der Waals surface area contributed by atoms with Crippen molar-refractivity contribution in [2.24, 2.45) is 0 Å². The second kappa shape index (κ2) is 7.01. The number of hydrogen-bond acceptors (Lipinski definition) is 6. The van der Waals surface area contributed by atoms with Gasteiger partial charge in [-0.2, -0.15) is 0 Å². The zero-order valence-electron chi connectivity index (χ0n) is 11.5. The molecule has 5 atom stereocenters. The number of para-hydroxylation sites is 1. The van der Waals surface area contributed by atoms with Crippen molar-refractivity contribution in [3.05, 3.63) is 30.3 Å². The molecule has 0 saturated carbocycles. The highest BCUT2D eigenvalue weighted by Crippen LogP contribution is 2.27. The van der Waals surface area contributed by atoms with Crippen LogP contribution in [0.2, 0.25) is 0 Å². The molecule has 0 unspecified atom stereocenters. The van der Waals surface area contributed by atoms with E-state index < -0.39 is 30.7 Å². The second-order valence-corrected chi connectivity index (χ2v) is 4.55. The van der Waals surface area contributed by atoms with Crippen molar-refractivity contribution < 1.29 is 29.2 Å². The van der Waals surface area contributed by atoms with Gasteiger partial charge in [0.25, 0.3) is 0 Å². The smallest absolute Gasteiger partial charge is 0.229 e. The van der Waals surface area contributed by atoms with E-state index in [0.29, 0.717) is 5.75 Å². The molecule has 0 spiro atoms. The topological polar surface area (TPSA) is 77.4 Å². The highest BCUT2D eigenvalue weighted by molar-refractivity contribution is 5.21. The summed E-state index contributed by atoms with van der Waals surface area (Å²) in [4.78, 5) is 0. The van der Waals surface area contributed by atoms with Crippen molar-refractivity contribution in [2.45, 2.75) is 30.7 Å². The minimum Gasteiger partial charge on any atom is -0.462 e. The lowest BCUT2D eigenvalue weighted by Gasteiger charge is -2.42. The monoisotopic (exact) mass is 284 g/mol. The predicted molar refractivity (Wildman–Crippen MR) is 70.4 cm³/mol. The van der Waals surface area contributed by atoms with Crippen LogP contribution in [0.5, 0.6) is 5.75 Å². The molecule has 1 aliphatic rings. The number of aliphatic hydroxyl groups excluding tert-OH is 2. The fourth-order valence-electron chi connectivity index (χ4n) is 2.31. The minimum absolute atomic E-state index is 0.277. The van der Waals surface area contributed by atoms with E-state index in [-0.39, 0.29) is 6.61 Å². The number of ether oxygens (including phenoxy) is 4. The van der Waals surface area contributed by atoms with Gasteiger partial charge < -0.3 is 29.2 Å². The summed E-state index contributed by atoms with van der Waals surface area (Å²) in [5.74, 6) is 0.597. The molecule has 0 radical (unpaired) electrons. The molecular weight excluding hydrogens is 264 g/mol. The SMILES string of the molecule is CO[C@H]1[C@H](Oc2ccccc2)O[C@H](CO)[C@@H](OC)[C@@H]1O. The largest absolute Gasteiger partial charge is 0.462 e. The van der Waals surface area contributed by atoms with Gasteiger partial charge >= 0.3 is 0 Å². The molecule has 112 valence electrons. The van der Waals surface area contributed by atoms with Gasteiger partial charge in [-0.25, -0.2) is 0 Å². The van der Waals surface area contributed by atoms with Crippen LogP contribution in [0.25, 0.3) is 0 Å². The second-order valence-electron chi connectivity index (χ2n) is 4.55. The van der Waals surface area contributed by atoms with Gasteiger partial charge in [0.2, 0.25) is 6.29 Å². The van der Waals surface area contributed by atoms with Crippen LogP contribution in [0.1, 0.15) is 0 Å². The van der Waals surface area contributed by atoms with E-state index in [9.17, 15) is 10.2 Å². The van der Waals surface area contributed by atoms with Crippen molar-refractivity contribution in [3.8, 4) is 5.75 Å². The van der Waals surface area contributed by atoms with Gasteiger partial charge in [0.05, 0.1) is 6.61 Å². The van der Waals surface area contributed by atoms with Crippen LogP contribution in [0.4, 0.5) is 0 Å². The molecule has 0 amide bonds. The summed E-state index contributed by atoms with van der Waals surface area (Å²) in [6.07, 6.45) is -3.82. The molecule has 6 heteroatoms. The summed E-state index contributed by atoms with van der Waals surface area (Å²) in [6.45, 7) is -0.277. The summed E-state index contributed by atoms with van der Waals surface area (Å²) >= 11 is 0. The first-order chi connectivity index (χ1) is 9.71. The Morgan fingerprint density at radius 2 is 1.75 bits per heavy atom. The van der Waals surface area contributed by atoms with Crippen molar-refractivity contribution in [2.75, 3.05) is 20.8 Å². The van der Waals surface area contributed by atoms with Crippen LogP contribution in [0, 0.1) is 0 Å². The van der Waals surface area contributed by atoms with Crippen molar-refractivity contribution in [3.63, 3.8) is 0 Å². The maximum absolute atomic E-state index is 10.3. The Morgan fingerprint density at radius 1 is 1.10 bits per heavy atom. The van der Waals surface area contributed by atoms with Gasteiger partial charge in [-0.1, -0.05) is 18.2 Å². The average molecular weight is 284 g/mol. The zero-order chi connectivity index (χ0) is 14.5. The Balaban J connectivity index is 2.14. The Morgan fingerprint density at radius 3 is 2.30 bits per heavy atom. The summed E-state index contributed by atoms with van der Waals surface area (Å²) in [5.41, 5.74) is 0. The summed E-state index contributed by atoms with van der Waals surface area (Å²) in [5, 5.41) is 19.6. The van der Waals surface area contributed by atoms with Crippen molar-refractivity contribution >= 4 is 0 Å². The van der Waals surface area contributed by atoms with E-state index in [2.05, 4.69) is 0 Å². The maximum Gasteiger partial charge on any atom is 0.229 e. The van der Waals surface area contributed by atoms with Gasteiger partial charge in [0.15, 0.2) is 0 Å². The molecule has 2 N–H and O–H groups in total. The van der Waals surface area contributed by atoms with Gasteiger partial charge in [-0.15, -0.1) is 0 Å². The zero-order valence-corrected chi connectivity index (χ0v) is 11.5. The number of benzene rings is 1. The van der Waals surface area contributed by atoms with E-state index in [4.69, 9.17) is 18.9 Å². The number of hydrogen-bond donors (Lipinski definition) is 2. The molecule has 1 aromatic rings. The van der Waals surface area contributed by atoms with Crippen LogP contribution in [-0.4, -0.2) is 61.7 Å². The molecule has 1 saturated heterocycles. The van der Waals surface area contributed by atoms with Gasteiger partial charge in [0.1, 0.15) is 30.2 Å². The van der Waals surface area contributed by atoms with E-state index in [1.807, 2.05) is 18.2 Å². The third-order valence-electron chi connectivity index (χ3n) is 3.34. The fraction of sp³-hybridized carbons (Fsp3) is 0.571. The van der Waals surface area contributed by atoms with Crippen molar-refractivity contribution in [1.82, 2.24) is 0 Å². The molecule has 0 aromatic heterocycles. The summed E-state index contributed by atoms with van der Waals surface area (Å²) in [7, 11) is 2.91. The maximum atomic E-state index is 10.3. The number of methoxy groups -OCH3 is 2. The van der Waals surface area contributed by atoms with E-state index >= 15 is 0 Å². The Hall–Kier alpha value is -1.18. The van der Waals surface area contributed by atoms with Crippen LogP contribution in [0.15, 0.2) is 30.3 Å². The lowest BCUT2D eigenvalue weighted by Crippen LogP contribution is -2.61. The Labute approximate surface area is 117 Å². The van der Waals surface area contributed by atoms with E-state index in [1.54, 1.807) is 12.1 Å². The molecular formula is C14H20O6.